The molecule has 0 aliphatic carbocycles. The van der Waals surface area contributed by atoms with Gasteiger partial charge in [0.2, 0.25) is 5.91 Å². The average molecular weight is 404 g/mol. The molecule has 0 aromatic heterocycles. The van der Waals surface area contributed by atoms with Gasteiger partial charge in [0.05, 0.1) is 6.10 Å². The van der Waals surface area contributed by atoms with Gasteiger partial charge in [-0.05, 0) is 36.4 Å². The summed E-state index contributed by atoms with van der Waals surface area (Å²) in [6.45, 7) is 15.6. The topological polar surface area (TPSA) is 55.4 Å². The first-order valence-corrected chi connectivity index (χ1v) is 13.8. The molecular weight excluding hydrogens is 362 g/mol. The fourth-order valence-corrected chi connectivity index (χ4v) is 7.02. The van der Waals surface area contributed by atoms with Crippen molar-refractivity contribution in [2.75, 3.05) is 12.3 Å². The summed E-state index contributed by atoms with van der Waals surface area (Å²) in [5.74, 6) is 1.51. The van der Waals surface area contributed by atoms with Crippen molar-refractivity contribution in [3.8, 4) is 0 Å². The van der Waals surface area contributed by atoms with Crippen molar-refractivity contribution in [3.05, 3.63) is 0 Å². The standard InChI is InChI=1S/C20H41NO3SSi/c1-8-16(5)20(24-26(9-2,10-3)11-4)17(6)12-13-19(23)25-15-14-21-18(7)22/h16-17,20H,8-15H2,1-7H3,(H,21,22)/t16-,17-,20+/m0/s1. The van der Waals surface area contributed by atoms with Crippen LogP contribution in [0.5, 0.6) is 0 Å². The van der Waals surface area contributed by atoms with E-state index in [1.807, 2.05) is 0 Å². The third kappa shape index (κ3) is 9.56. The van der Waals surface area contributed by atoms with Crippen LogP contribution in [-0.4, -0.2) is 37.7 Å². The van der Waals surface area contributed by atoms with Gasteiger partial charge in [-0.2, -0.15) is 0 Å². The van der Waals surface area contributed by atoms with E-state index in [1.165, 1.54) is 18.7 Å². The van der Waals surface area contributed by atoms with Gasteiger partial charge in [-0.3, -0.25) is 9.59 Å². The molecule has 6 heteroatoms. The Bertz CT molecular complexity index is 408. The van der Waals surface area contributed by atoms with Crippen LogP contribution in [0.3, 0.4) is 0 Å². The van der Waals surface area contributed by atoms with Gasteiger partial charge in [0.1, 0.15) is 0 Å². The van der Waals surface area contributed by atoms with Crippen molar-refractivity contribution >= 4 is 31.1 Å². The highest BCUT2D eigenvalue weighted by atomic mass is 32.2. The van der Waals surface area contributed by atoms with Crippen LogP contribution in [0.25, 0.3) is 0 Å². The summed E-state index contributed by atoms with van der Waals surface area (Å²) in [5, 5.41) is 2.94. The van der Waals surface area contributed by atoms with Crippen molar-refractivity contribution in [1.82, 2.24) is 5.32 Å². The quantitative estimate of drug-likeness (QED) is 0.318. The minimum Gasteiger partial charge on any atom is -0.413 e. The number of nitrogens with one attached hydrogen (secondary N) is 1. The zero-order valence-electron chi connectivity index (χ0n) is 18.0. The van der Waals surface area contributed by atoms with Gasteiger partial charge in [0.25, 0.3) is 0 Å². The fourth-order valence-electron chi connectivity index (χ4n) is 3.29. The van der Waals surface area contributed by atoms with E-state index in [-0.39, 0.29) is 17.1 Å². The van der Waals surface area contributed by atoms with Crippen molar-refractivity contribution in [1.29, 1.82) is 0 Å². The molecule has 3 atom stereocenters. The van der Waals surface area contributed by atoms with Crippen LogP contribution in [0.4, 0.5) is 0 Å². The Morgan fingerprint density at radius 1 is 1.04 bits per heavy atom. The summed E-state index contributed by atoms with van der Waals surface area (Å²) in [6.07, 6.45) is 2.82. The van der Waals surface area contributed by atoms with E-state index in [1.54, 1.807) is 0 Å². The van der Waals surface area contributed by atoms with Gasteiger partial charge in [0.15, 0.2) is 13.4 Å². The minimum absolute atomic E-state index is 0.0457. The predicted molar refractivity (Wildman–Crippen MR) is 116 cm³/mol. The van der Waals surface area contributed by atoms with Gasteiger partial charge in [-0.15, -0.1) is 0 Å². The first-order valence-electron chi connectivity index (χ1n) is 10.3. The van der Waals surface area contributed by atoms with Crippen LogP contribution >= 0.6 is 11.8 Å². The zero-order chi connectivity index (χ0) is 20.2. The molecule has 0 rings (SSSR count). The molecule has 1 amide bonds. The highest BCUT2D eigenvalue weighted by Gasteiger charge is 2.35. The second-order valence-electron chi connectivity index (χ2n) is 7.43. The molecular formula is C20H41NO3SSi. The second kappa shape index (κ2) is 13.8. The Kier molecular flexibility index (Phi) is 13.6. The van der Waals surface area contributed by atoms with E-state index in [9.17, 15) is 9.59 Å². The predicted octanol–water partition coefficient (Wildman–Crippen LogP) is 5.24. The molecule has 0 fully saturated rings. The molecule has 26 heavy (non-hydrogen) atoms. The van der Waals surface area contributed by atoms with Crippen LogP contribution in [0, 0.1) is 11.8 Å². The van der Waals surface area contributed by atoms with Crippen LogP contribution in [0.1, 0.15) is 67.7 Å². The molecule has 0 radical (unpaired) electrons. The lowest BCUT2D eigenvalue weighted by Gasteiger charge is -2.39. The molecule has 0 saturated carbocycles. The number of hydrogen-bond acceptors (Lipinski definition) is 4. The van der Waals surface area contributed by atoms with Gasteiger partial charge in [0, 0.05) is 25.6 Å². The summed E-state index contributed by atoms with van der Waals surface area (Å²) in [6, 6.07) is 3.49. The van der Waals surface area contributed by atoms with Crippen molar-refractivity contribution in [2.45, 2.75) is 92.0 Å². The highest BCUT2D eigenvalue weighted by Crippen LogP contribution is 2.32. The maximum Gasteiger partial charge on any atom is 0.216 e. The number of hydrogen-bond donors (Lipinski definition) is 1. The molecule has 0 bridgehead atoms. The number of carbonyl (C=O) groups excluding carboxylic acids is 2. The molecule has 0 spiro atoms. The van der Waals surface area contributed by atoms with Gasteiger partial charge < -0.3 is 9.74 Å². The minimum atomic E-state index is -1.65. The summed E-state index contributed by atoms with van der Waals surface area (Å²) >= 11 is 1.33. The summed E-state index contributed by atoms with van der Waals surface area (Å²) < 4.78 is 6.83. The van der Waals surface area contributed by atoms with Crippen LogP contribution in [0.15, 0.2) is 0 Å². The number of amides is 1. The number of rotatable bonds is 14. The lowest BCUT2D eigenvalue weighted by molar-refractivity contribution is -0.119. The largest absolute Gasteiger partial charge is 0.413 e. The van der Waals surface area contributed by atoms with Crippen molar-refractivity contribution in [3.63, 3.8) is 0 Å². The van der Waals surface area contributed by atoms with Crippen molar-refractivity contribution in [2.24, 2.45) is 11.8 Å². The maximum atomic E-state index is 12.1. The first kappa shape index (κ1) is 25.7. The Balaban J connectivity index is 4.62. The maximum absolute atomic E-state index is 12.1. The van der Waals surface area contributed by atoms with Gasteiger partial charge in [-0.25, -0.2) is 0 Å². The molecule has 154 valence electrons. The summed E-state index contributed by atoms with van der Waals surface area (Å²) in [7, 11) is -1.65. The van der Waals surface area contributed by atoms with Gasteiger partial charge in [-0.1, -0.05) is 59.7 Å². The fraction of sp³-hybridized carbons (Fsp3) is 0.900. The molecule has 1 N–H and O–H groups in total. The average Bonchev–Trinajstić information content (AvgIpc) is 2.64. The summed E-state index contributed by atoms with van der Waals surface area (Å²) in [5.41, 5.74) is 0. The van der Waals surface area contributed by atoms with Crippen LogP contribution in [-0.2, 0) is 14.0 Å². The third-order valence-corrected chi connectivity index (χ3v) is 11.2. The second-order valence-corrected chi connectivity index (χ2v) is 13.3. The molecule has 0 aromatic rings. The smallest absolute Gasteiger partial charge is 0.216 e. The SMILES string of the molecule is CC[C@H](C)[C@@H](O[Si](CC)(CC)CC)[C@@H](C)CCC(=O)SCCNC(C)=O. The Morgan fingerprint density at radius 3 is 2.08 bits per heavy atom. The first-order chi connectivity index (χ1) is 12.2. The molecule has 0 aliphatic heterocycles. The summed E-state index contributed by atoms with van der Waals surface area (Å²) in [4.78, 5) is 23.0. The normalized spacial score (nSPS) is 15.3. The third-order valence-electron chi connectivity index (χ3n) is 5.63. The number of thioether (sulfide) groups is 1. The van der Waals surface area contributed by atoms with E-state index in [0.29, 0.717) is 30.6 Å². The van der Waals surface area contributed by atoms with E-state index in [0.717, 1.165) is 31.0 Å². The highest BCUT2D eigenvalue weighted by molar-refractivity contribution is 8.13. The lowest BCUT2D eigenvalue weighted by atomic mass is 9.89. The molecule has 0 heterocycles. The Hall–Kier alpha value is -0.333. The van der Waals surface area contributed by atoms with Crippen molar-refractivity contribution < 1.29 is 14.0 Å². The Morgan fingerprint density at radius 2 is 1.62 bits per heavy atom. The monoisotopic (exact) mass is 403 g/mol. The molecule has 4 nitrogen and oxygen atoms in total. The van der Waals surface area contributed by atoms with Crippen LogP contribution < -0.4 is 5.32 Å². The number of carbonyl (C=O) groups is 2. The van der Waals surface area contributed by atoms with E-state index >= 15 is 0 Å². The van der Waals surface area contributed by atoms with E-state index < -0.39 is 8.32 Å². The Labute approximate surface area is 166 Å². The lowest BCUT2D eigenvalue weighted by Crippen LogP contribution is -2.44. The van der Waals surface area contributed by atoms with E-state index in [4.69, 9.17) is 4.43 Å². The van der Waals surface area contributed by atoms with E-state index in [2.05, 4.69) is 46.9 Å². The molecule has 0 saturated heterocycles. The molecule has 0 aliphatic rings. The molecule has 0 unspecified atom stereocenters. The molecule has 0 aromatic carbocycles. The van der Waals surface area contributed by atoms with Gasteiger partial charge >= 0.3 is 0 Å². The zero-order valence-corrected chi connectivity index (χ0v) is 19.8. The van der Waals surface area contributed by atoms with Crippen LogP contribution in [0.2, 0.25) is 18.1 Å².